The number of hydrogen-bond acceptors (Lipinski definition) is 2. The molecule has 3 heteroatoms. The Morgan fingerprint density at radius 1 is 1.25 bits per heavy atom. The van der Waals surface area contributed by atoms with E-state index in [2.05, 4.69) is 24.4 Å². The number of benzene rings is 1. The molecular formula is C13H19NO2. The van der Waals surface area contributed by atoms with E-state index in [-0.39, 0.29) is 5.92 Å². The van der Waals surface area contributed by atoms with Crippen LogP contribution < -0.4 is 5.32 Å². The lowest BCUT2D eigenvalue weighted by Gasteiger charge is -2.14. The summed E-state index contributed by atoms with van der Waals surface area (Å²) in [6.07, 6.45) is 0. The van der Waals surface area contributed by atoms with E-state index in [4.69, 9.17) is 5.11 Å². The number of carboxylic acids is 1. The molecule has 0 saturated carbocycles. The predicted octanol–water partition coefficient (Wildman–Crippen LogP) is 2.10. The first-order chi connectivity index (χ1) is 7.61. The minimum atomic E-state index is -0.750. The van der Waals surface area contributed by atoms with Crippen LogP contribution in [0, 0.1) is 5.92 Å². The van der Waals surface area contributed by atoms with E-state index < -0.39 is 5.97 Å². The molecule has 0 heterocycles. The van der Waals surface area contributed by atoms with Gasteiger partial charge in [0, 0.05) is 13.1 Å². The van der Waals surface area contributed by atoms with Crippen LogP contribution >= 0.6 is 0 Å². The average molecular weight is 221 g/mol. The van der Waals surface area contributed by atoms with E-state index in [0.29, 0.717) is 12.5 Å². The Morgan fingerprint density at radius 2 is 1.88 bits per heavy atom. The highest BCUT2D eigenvalue weighted by atomic mass is 16.4. The smallest absolute Gasteiger partial charge is 0.307 e. The van der Waals surface area contributed by atoms with Crippen molar-refractivity contribution in [1.29, 1.82) is 0 Å². The molecule has 0 aliphatic rings. The summed E-state index contributed by atoms with van der Waals surface area (Å²) in [6, 6.07) is 10.2. The number of aliphatic carboxylic acids is 1. The summed E-state index contributed by atoms with van der Waals surface area (Å²) in [7, 11) is 0. The molecule has 0 amide bonds. The lowest BCUT2D eigenvalue weighted by atomic mass is 10.0. The standard InChI is InChI=1S/C13H19NO2/c1-10(12-6-4-3-5-7-12)8-14-9-11(2)13(15)16/h3-7,10-11,14H,8-9H2,1-2H3,(H,15,16). The topological polar surface area (TPSA) is 49.3 Å². The van der Waals surface area contributed by atoms with Crippen molar-refractivity contribution < 1.29 is 9.90 Å². The van der Waals surface area contributed by atoms with Crippen molar-refractivity contribution in [3.05, 3.63) is 35.9 Å². The molecule has 16 heavy (non-hydrogen) atoms. The summed E-state index contributed by atoms with van der Waals surface area (Å²) in [6.45, 7) is 5.17. The van der Waals surface area contributed by atoms with E-state index >= 15 is 0 Å². The van der Waals surface area contributed by atoms with Crippen molar-refractivity contribution in [3.63, 3.8) is 0 Å². The Labute approximate surface area is 96.5 Å². The van der Waals surface area contributed by atoms with E-state index in [1.54, 1.807) is 6.92 Å². The second-order valence-electron chi connectivity index (χ2n) is 4.21. The number of hydrogen-bond donors (Lipinski definition) is 2. The molecule has 1 aromatic carbocycles. The van der Waals surface area contributed by atoms with E-state index in [1.165, 1.54) is 5.56 Å². The molecule has 2 atom stereocenters. The summed E-state index contributed by atoms with van der Waals surface area (Å²) in [5, 5.41) is 11.9. The maximum atomic E-state index is 10.6. The lowest BCUT2D eigenvalue weighted by Crippen LogP contribution is -2.29. The number of carboxylic acid groups (broad SMARTS) is 1. The van der Waals surface area contributed by atoms with E-state index in [9.17, 15) is 4.79 Å². The highest BCUT2D eigenvalue weighted by Gasteiger charge is 2.11. The van der Waals surface area contributed by atoms with Crippen molar-refractivity contribution >= 4 is 5.97 Å². The summed E-state index contributed by atoms with van der Waals surface area (Å²) >= 11 is 0. The maximum Gasteiger partial charge on any atom is 0.307 e. The molecule has 0 radical (unpaired) electrons. The summed E-state index contributed by atoms with van der Waals surface area (Å²) in [5.74, 6) is -0.676. The second-order valence-corrected chi connectivity index (χ2v) is 4.21. The molecule has 88 valence electrons. The molecule has 2 unspecified atom stereocenters. The third kappa shape index (κ3) is 4.03. The molecule has 0 aromatic heterocycles. The van der Waals surface area contributed by atoms with Gasteiger partial charge >= 0.3 is 5.97 Å². The minimum absolute atomic E-state index is 0.331. The van der Waals surface area contributed by atoms with Crippen molar-refractivity contribution in [2.45, 2.75) is 19.8 Å². The van der Waals surface area contributed by atoms with Crippen LogP contribution in [0.3, 0.4) is 0 Å². The zero-order chi connectivity index (χ0) is 12.0. The van der Waals surface area contributed by atoms with Crippen LogP contribution in [0.25, 0.3) is 0 Å². The molecule has 1 aromatic rings. The summed E-state index contributed by atoms with van der Waals surface area (Å²) in [4.78, 5) is 10.6. The van der Waals surface area contributed by atoms with Gasteiger partial charge in [0.1, 0.15) is 0 Å². The molecule has 3 nitrogen and oxygen atoms in total. The SMILES string of the molecule is CC(CNCC(C)c1ccccc1)C(=O)O. The van der Waals surface area contributed by atoms with Crippen LogP contribution in [-0.4, -0.2) is 24.2 Å². The third-order valence-electron chi connectivity index (χ3n) is 2.69. The minimum Gasteiger partial charge on any atom is -0.481 e. The van der Waals surface area contributed by atoms with Crippen LogP contribution in [0.4, 0.5) is 0 Å². The largest absolute Gasteiger partial charge is 0.481 e. The van der Waals surface area contributed by atoms with Crippen LogP contribution in [-0.2, 0) is 4.79 Å². The van der Waals surface area contributed by atoms with Gasteiger partial charge in [-0.05, 0) is 11.5 Å². The van der Waals surface area contributed by atoms with Crippen molar-refractivity contribution in [2.24, 2.45) is 5.92 Å². The Kier molecular flexibility index (Phi) is 4.99. The third-order valence-corrected chi connectivity index (χ3v) is 2.69. The normalized spacial score (nSPS) is 14.4. The Balaban J connectivity index is 2.31. The second kappa shape index (κ2) is 6.28. The van der Waals surface area contributed by atoms with Crippen LogP contribution in [0.2, 0.25) is 0 Å². The maximum absolute atomic E-state index is 10.6. The summed E-state index contributed by atoms with van der Waals surface area (Å²) in [5.41, 5.74) is 1.28. The number of carbonyl (C=O) groups is 1. The molecule has 0 aliphatic carbocycles. The summed E-state index contributed by atoms with van der Waals surface area (Å²) < 4.78 is 0. The Morgan fingerprint density at radius 3 is 2.44 bits per heavy atom. The quantitative estimate of drug-likeness (QED) is 0.773. The lowest BCUT2D eigenvalue weighted by molar-refractivity contribution is -0.140. The monoisotopic (exact) mass is 221 g/mol. The van der Waals surface area contributed by atoms with Gasteiger partial charge in [-0.15, -0.1) is 0 Å². The highest BCUT2D eigenvalue weighted by Crippen LogP contribution is 2.12. The number of nitrogens with one attached hydrogen (secondary N) is 1. The molecule has 1 rings (SSSR count). The van der Waals surface area contributed by atoms with Crippen molar-refractivity contribution in [1.82, 2.24) is 5.32 Å². The molecule has 0 saturated heterocycles. The zero-order valence-electron chi connectivity index (χ0n) is 9.81. The van der Waals surface area contributed by atoms with Gasteiger partial charge in [0.15, 0.2) is 0 Å². The van der Waals surface area contributed by atoms with Crippen LogP contribution in [0.5, 0.6) is 0 Å². The molecular weight excluding hydrogens is 202 g/mol. The Hall–Kier alpha value is -1.35. The molecule has 0 bridgehead atoms. The first kappa shape index (κ1) is 12.7. The van der Waals surface area contributed by atoms with E-state index in [0.717, 1.165) is 6.54 Å². The predicted molar refractivity (Wildman–Crippen MR) is 64.5 cm³/mol. The molecule has 0 aliphatic heterocycles. The van der Waals surface area contributed by atoms with Gasteiger partial charge in [-0.25, -0.2) is 0 Å². The molecule has 2 N–H and O–H groups in total. The zero-order valence-corrected chi connectivity index (χ0v) is 9.81. The fraction of sp³-hybridized carbons (Fsp3) is 0.462. The van der Waals surface area contributed by atoms with Gasteiger partial charge < -0.3 is 10.4 Å². The van der Waals surface area contributed by atoms with Gasteiger partial charge in [0.2, 0.25) is 0 Å². The number of rotatable bonds is 6. The van der Waals surface area contributed by atoms with Crippen molar-refractivity contribution in [3.8, 4) is 0 Å². The van der Waals surface area contributed by atoms with Gasteiger partial charge in [-0.1, -0.05) is 44.2 Å². The van der Waals surface area contributed by atoms with Gasteiger partial charge in [-0.2, -0.15) is 0 Å². The first-order valence-corrected chi connectivity index (χ1v) is 5.59. The fourth-order valence-electron chi connectivity index (χ4n) is 1.50. The van der Waals surface area contributed by atoms with Gasteiger partial charge in [0.05, 0.1) is 5.92 Å². The van der Waals surface area contributed by atoms with Crippen LogP contribution in [0.1, 0.15) is 25.3 Å². The fourth-order valence-corrected chi connectivity index (χ4v) is 1.50. The molecule has 0 fully saturated rings. The molecule has 0 spiro atoms. The van der Waals surface area contributed by atoms with Gasteiger partial charge in [0.25, 0.3) is 0 Å². The highest BCUT2D eigenvalue weighted by molar-refractivity contribution is 5.69. The first-order valence-electron chi connectivity index (χ1n) is 5.59. The Bertz CT molecular complexity index is 324. The van der Waals surface area contributed by atoms with E-state index in [1.807, 2.05) is 18.2 Å². The average Bonchev–Trinajstić information content (AvgIpc) is 2.29. The van der Waals surface area contributed by atoms with Crippen LogP contribution in [0.15, 0.2) is 30.3 Å². The van der Waals surface area contributed by atoms with Gasteiger partial charge in [-0.3, -0.25) is 4.79 Å². The van der Waals surface area contributed by atoms with Crippen molar-refractivity contribution in [2.75, 3.05) is 13.1 Å².